The summed E-state index contributed by atoms with van der Waals surface area (Å²) in [5.41, 5.74) is 0.506. The lowest BCUT2D eigenvalue weighted by molar-refractivity contribution is 0.0913. The highest BCUT2D eigenvalue weighted by Crippen LogP contribution is 2.30. The standard InChI is InChI=1S/C13H17NO4/c1-2-10(8-15)14-13(16)9-3-4-11-12(7-9)18-6-5-17-11/h3-4,7,10,15H,2,5-6,8H2,1H3,(H,14,16)/t10-/m1/s1. The number of carbonyl (C=O) groups is 1. The predicted octanol–water partition coefficient (Wildman–Crippen LogP) is 0.959. The van der Waals surface area contributed by atoms with Crippen molar-refractivity contribution in [2.45, 2.75) is 19.4 Å². The summed E-state index contributed by atoms with van der Waals surface area (Å²) in [4.78, 5) is 11.9. The Morgan fingerprint density at radius 2 is 2.11 bits per heavy atom. The number of ether oxygens (including phenoxy) is 2. The first-order valence-electron chi connectivity index (χ1n) is 6.06. The lowest BCUT2D eigenvalue weighted by Gasteiger charge is -2.19. The Morgan fingerprint density at radius 1 is 1.39 bits per heavy atom. The third-order valence-corrected chi connectivity index (χ3v) is 2.85. The lowest BCUT2D eigenvalue weighted by atomic mass is 10.1. The number of benzene rings is 1. The van der Waals surface area contributed by atoms with Crippen LogP contribution in [0.15, 0.2) is 18.2 Å². The first kappa shape index (κ1) is 12.7. The first-order chi connectivity index (χ1) is 8.74. The summed E-state index contributed by atoms with van der Waals surface area (Å²) in [6.07, 6.45) is 0.687. The molecule has 0 radical (unpaired) electrons. The van der Waals surface area contributed by atoms with Gasteiger partial charge in [-0.15, -0.1) is 0 Å². The molecule has 0 saturated carbocycles. The molecule has 5 nitrogen and oxygen atoms in total. The second kappa shape index (κ2) is 5.73. The van der Waals surface area contributed by atoms with Gasteiger partial charge in [-0.25, -0.2) is 0 Å². The normalized spacial score (nSPS) is 15.0. The summed E-state index contributed by atoms with van der Waals surface area (Å²) < 4.78 is 10.8. The molecule has 1 atom stereocenters. The average Bonchev–Trinajstić information content (AvgIpc) is 2.44. The van der Waals surface area contributed by atoms with E-state index in [9.17, 15) is 4.79 Å². The number of aliphatic hydroxyl groups excluding tert-OH is 1. The van der Waals surface area contributed by atoms with Gasteiger partial charge in [0, 0.05) is 5.56 Å². The second-order valence-electron chi connectivity index (χ2n) is 4.12. The Labute approximate surface area is 106 Å². The Balaban J connectivity index is 2.11. The number of hydrogen-bond donors (Lipinski definition) is 2. The SMILES string of the molecule is CC[C@H](CO)NC(=O)c1ccc2c(c1)OCCO2. The Kier molecular flexibility index (Phi) is 4.04. The molecule has 0 spiro atoms. The number of fused-ring (bicyclic) bond motifs is 1. The van der Waals surface area contributed by atoms with E-state index in [-0.39, 0.29) is 18.6 Å². The topological polar surface area (TPSA) is 67.8 Å². The minimum Gasteiger partial charge on any atom is -0.486 e. The van der Waals surface area contributed by atoms with Crippen molar-refractivity contribution >= 4 is 5.91 Å². The van der Waals surface area contributed by atoms with E-state index in [0.717, 1.165) is 0 Å². The van der Waals surface area contributed by atoms with E-state index < -0.39 is 0 Å². The van der Waals surface area contributed by atoms with Crippen LogP contribution in [0.1, 0.15) is 23.7 Å². The van der Waals surface area contributed by atoms with Crippen LogP contribution >= 0.6 is 0 Å². The average molecular weight is 251 g/mol. The first-order valence-corrected chi connectivity index (χ1v) is 6.06. The van der Waals surface area contributed by atoms with Crippen LogP contribution in [-0.2, 0) is 0 Å². The van der Waals surface area contributed by atoms with Crippen LogP contribution in [0.4, 0.5) is 0 Å². The van der Waals surface area contributed by atoms with Crippen LogP contribution < -0.4 is 14.8 Å². The molecular formula is C13H17NO4. The van der Waals surface area contributed by atoms with Gasteiger partial charge in [-0.05, 0) is 24.6 Å². The molecule has 18 heavy (non-hydrogen) atoms. The zero-order valence-electron chi connectivity index (χ0n) is 10.3. The van der Waals surface area contributed by atoms with E-state index >= 15 is 0 Å². The van der Waals surface area contributed by atoms with Gasteiger partial charge in [0.05, 0.1) is 12.6 Å². The minimum absolute atomic E-state index is 0.0627. The molecule has 0 aromatic heterocycles. The summed E-state index contributed by atoms with van der Waals surface area (Å²) in [6.45, 7) is 2.87. The highest BCUT2D eigenvalue weighted by atomic mass is 16.6. The molecule has 0 saturated heterocycles. The van der Waals surface area contributed by atoms with Crippen molar-refractivity contribution in [3.8, 4) is 11.5 Å². The number of aliphatic hydroxyl groups is 1. The highest BCUT2D eigenvalue weighted by molar-refractivity contribution is 5.95. The Morgan fingerprint density at radius 3 is 2.78 bits per heavy atom. The molecule has 0 bridgehead atoms. The lowest BCUT2D eigenvalue weighted by Crippen LogP contribution is -2.36. The molecule has 1 aliphatic rings. The highest BCUT2D eigenvalue weighted by Gasteiger charge is 2.16. The van der Waals surface area contributed by atoms with Gasteiger partial charge in [0.15, 0.2) is 11.5 Å². The molecule has 5 heteroatoms. The van der Waals surface area contributed by atoms with Gasteiger partial charge < -0.3 is 19.9 Å². The molecule has 2 rings (SSSR count). The zero-order valence-corrected chi connectivity index (χ0v) is 10.3. The van der Waals surface area contributed by atoms with Crippen molar-refractivity contribution in [3.63, 3.8) is 0 Å². The quantitative estimate of drug-likeness (QED) is 0.836. The number of hydrogen-bond acceptors (Lipinski definition) is 4. The third kappa shape index (κ3) is 2.73. The van der Waals surface area contributed by atoms with Crippen molar-refractivity contribution in [2.75, 3.05) is 19.8 Å². The van der Waals surface area contributed by atoms with Gasteiger partial charge in [0.1, 0.15) is 13.2 Å². The van der Waals surface area contributed by atoms with E-state index in [0.29, 0.717) is 36.7 Å². The fourth-order valence-corrected chi connectivity index (χ4v) is 1.73. The number of carbonyl (C=O) groups excluding carboxylic acids is 1. The number of rotatable bonds is 4. The van der Waals surface area contributed by atoms with Crippen molar-refractivity contribution in [2.24, 2.45) is 0 Å². The summed E-state index contributed by atoms with van der Waals surface area (Å²) in [7, 11) is 0. The molecule has 0 unspecified atom stereocenters. The van der Waals surface area contributed by atoms with Crippen LogP contribution in [0.3, 0.4) is 0 Å². The molecule has 1 heterocycles. The van der Waals surface area contributed by atoms with Crippen LogP contribution in [0.25, 0.3) is 0 Å². The van der Waals surface area contributed by atoms with Crippen LogP contribution in [-0.4, -0.2) is 36.9 Å². The third-order valence-electron chi connectivity index (χ3n) is 2.85. The van der Waals surface area contributed by atoms with Crippen molar-refractivity contribution < 1.29 is 19.4 Å². The molecule has 2 N–H and O–H groups in total. The minimum atomic E-state index is -0.217. The Hall–Kier alpha value is -1.75. The smallest absolute Gasteiger partial charge is 0.251 e. The largest absolute Gasteiger partial charge is 0.486 e. The summed E-state index contributed by atoms with van der Waals surface area (Å²) in [5, 5.41) is 11.8. The van der Waals surface area contributed by atoms with Gasteiger partial charge in [0.2, 0.25) is 0 Å². The second-order valence-corrected chi connectivity index (χ2v) is 4.12. The maximum atomic E-state index is 11.9. The van der Waals surface area contributed by atoms with E-state index in [1.54, 1.807) is 18.2 Å². The van der Waals surface area contributed by atoms with E-state index in [1.807, 2.05) is 6.92 Å². The molecule has 0 aliphatic carbocycles. The zero-order chi connectivity index (χ0) is 13.0. The molecule has 98 valence electrons. The van der Waals surface area contributed by atoms with Gasteiger partial charge >= 0.3 is 0 Å². The maximum absolute atomic E-state index is 11.9. The summed E-state index contributed by atoms with van der Waals surface area (Å²) in [5.74, 6) is 1.03. The van der Waals surface area contributed by atoms with Gasteiger partial charge in [-0.3, -0.25) is 4.79 Å². The number of nitrogens with one attached hydrogen (secondary N) is 1. The number of amides is 1. The molecule has 1 amide bonds. The molecule has 1 aromatic rings. The predicted molar refractivity (Wildman–Crippen MR) is 66.1 cm³/mol. The monoisotopic (exact) mass is 251 g/mol. The van der Waals surface area contributed by atoms with E-state index in [4.69, 9.17) is 14.6 Å². The van der Waals surface area contributed by atoms with E-state index in [1.165, 1.54) is 0 Å². The van der Waals surface area contributed by atoms with Crippen molar-refractivity contribution in [1.82, 2.24) is 5.32 Å². The van der Waals surface area contributed by atoms with Gasteiger partial charge in [-0.1, -0.05) is 6.92 Å². The fraction of sp³-hybridized carbons (Fsp3) is 0.462. The van der Waals surface area contributed by atoms with Crippen molar-refractivity contribution in [1.29, 1.82) is 0 Å². The molecule has 0 fully saturated rings. The van der Waals surface area contributed by atoms with Crippen LogP contribution in [0.2, 0.25) is 0 Å². The summed E-state index contributed by atoms with van der Waals surface area (Å²) in [6, 6.07) is 4.86. The van der Waals surface area contributed by atoms with Crippen molar-refractivity contribution in [3.05, 3.63) is 23.8 Å². The maximum Gasteiger partial charge on any atom is 0.251 e. The van der Waals surface area contributed by atoms with Crippen LogP contribution in [0.5, 0.6) is 11.5 Å². The van der Waals surface area contributed by atoms with Gasteiger partial charge in [0.25, 0.3) is 5.91 Å². The molecule has 1 aliphatic heterocycles. The van der Waals surface area contributed by atoms with Gasteiger partial charge in [-0.2, -0.15) is 0 Å². The summed E-state index contributed by atoms with van der Waals surface area (Å²) >= 11 is 0. The Bertz CT molecular complexity index is 429. The molecular weight excluding hydrogens is 234 g/mol. The molecule has 1 aromatic carbocycles. The fourth-order valence-electron chi connectivity index (χ4n) is 1.73. The van der Waals surface area contributed by atoms with E-state index in [2.05, 4.69) is 5.32 Å². The van der Waals surface area contributed by atoms with Crippen LogP contribution in [0, 0.1) is 0 Å².